The van der Waals surface area contributed by atoms with Crippen LogP contribution < -0.4 is 20.3 Å². The molecule has 0 saturated heterocycles. The van der Waals surface area contributed by atoms with Crippen LogP contribution in [0.4, 0.5) is 0 Å². The Morgan fingerprint density at radius 2 is 1.81 bits per heavy atom. The SMILES string of the molecule is CONC1=NC2CCCCc3ccc4c(c3)C(CCO4)NC(=O)c3ccc4c(c3)[C@@H](CCO4)N1C(=O)C2. The predicted molar refractivity (Wildman–Crippen MR) is 136 cm³/mol. The summed E-state index contributed by atoms with van der Waals surface area (Å²) in [6, 6.07) is 11.2. The van der Waals surface area contributed by atoms with Gasteiger partial charge in [-0.3, -0.25) is 19.3 Å². The third-order valence-electron chi connectivity index (χ3n) is 7.67. The van der Waals surface area contributed by atoms with Crippen molar-refractivity contribution >= 4 is 17.8 Å². The second-order valence-corrected chi connectivity index (χ2v) is 10.1. The zero-order chi connectivity index (χ0) is 25.4. The van der Waals surface area contributed by atoms with Crippen molar-refractivity contribution in [2.24, 2.45) is 4.99 Å². The van der Waals surface area contributed by atoms with Crippen molar-refractivity contribution in [3.8, 4) is 11.5 Å². The fourth-order valence-electron chi connectivity index (χ4n) is 5.84. The highest BCUT2D eigenvalue weighted by Gasteiger charge is 2.38. The molecule has 0 aliphatic carbocycles. The van der Waals surface area contributed by atoms with E-state index in [-0.39, 0.29) is 29.9 Å². The number of hydrogen-bond donors (Lipinski definition) is 2. The first kappa shape index (κ1) is 23.8. The summed E-state index contributed by atoms with van der Waals surface area (Å²) >= 11 is 0. The highest BCUT2D eigenvalue weighted by atomic mass is 16.6. The summed E-state index contributed by atoms with van der Waals surface area (Å²) in [6.07, 6.45) is 5.34. The number of nitrogens with one attached hydrogen (secondary N) is 2. The number of carbonyl (C=O) groups is 2. The molecule has 37 heavy (non-hydrogen) atoms. The van der Waals surface area contributed by atoms with Gasteiger partial charge in [-0.15, -0.1) is 0 Å². The van der Waals surface area contributed by atoms with Gasteiger partial charge in [0.25, 0.3) is 5.91 Å². The van der Waals surface area contributed by atoms with Gasteiger partial charge in [-0.1, -0.05) is 18.6 Å². The lowest BCUT2D eigenvalue weighted by atomic mass is 9.93. The molecule has 2 amide bonds. The van der Waals surface area contributed by atoms with Gasteiger partial charge in [-0.2, -0.15) is 0 Å². The zero-order valence-electron chi connectivity index (χ0n) is 21.0. The van der Waals surface area contributed by atoms with Gasteiger partial charge in [-0.05, 0) is 49.1 Å². The fourth-order valence-corrected chi connectivity index (χ4v) is 5.84. The average molecular weight is 505 g/mol. The van der Waals surface area contributed by atoms with E-state index < -0.39 is 0 Å². The molecule has 5 aliphatic rings. The molecule has 7 rings (SSSR count). The molecule has 3 atom stereocenters. The minimum atomic E-state index is -0.309. The maximum absolute atomic E-state index is 13.5. The summed E-state index contributed by atoms with van der Waals surface area (Å²) in [5.74, 6) is 1.76. The van der Waals surface area contributed by atoms with E-state index >= 15 is 0 Å². The highest BCUT2D eigenvalue weighted by Crippen LogP contribution is 2.39. The van der Waals surface area contributed by atoms with Crippen LogP contribution in [-0.4, -0.2) is 49.0 Å². The van der Waals surface area contributed by atoms with Crippen LogP contribution in [0.25, 0.3) is 0 Å². The second-order valence-electron chi connectivity index (χ2n) is 10.1. The van der Waals surface area contributed by atoms with Gasteiger partial charge < -0.3 is 14.8 Å². The van der Waals surface area contributed by atoms with Crippen LogP contribution in [0.15, 0.2) is 41.4 Å². The summed E-state index contributed by atoms with van der Waals surface area (Å²) in [7, 11) is 1.52. The van der Waals surface area contributed by atoms with E-state index in [2.05, 4.69) is 22.9 Å². The van der Waals surface area contributed by atoms with Gasteiger partial charge in [0.05, 0.1) is 38.4 Å². The molecule has 0 saturated carbocycles. The van der Waals surface area contributed by atoms with Crippen molar-refractivity contribution in [2.75, 3.05) is 20.3 Å². The molecule has 5 heterocycles. The van der Waals surface area contributed by atoms with Crippen LogP contribution in [0.1, 0.15) is 77.7 Å². The van der Waals surface area contributed by atoms with Gasteiger partial charge >= 0.3 is 0 Å². The zero-order valence-corrected chi connectivity index (χ0v) is 21.0. The maximum Gasteiger partial charge on any atom is 0.251 e. The van der Waals surface area contributed by atoms with Crippen LogP contribution >= 0.6 is 0 Å². The van der Waals surface area contributed by atoms with Gasteiger partial charge in [0.15, 0.2) is 0 Å². The molecule has 2 unspecified atom stereocenters. The molecule has 2 N–H and O–H groups in total. The number of guanidine groups is 1. The van der Waals surface area contributed by atoms with Gasteiger partial charge in [0, 0.05) is 36.0 Å². The Kier molecular flexibility index (Phi) is 6.46. The van der Waals surface area contributed by atoms with Crippen LogP contribution in [-0.2, 0) is 16.1 Å². The number of aliphatic imine (C=N–C) groups is 1. The molecule has 0 aromatic heterocycles. The first-order valence-electron chi connectivity index (χ1n) is 13.1. The van der Waals surface area contributed by atoms with Crippen LogP contribution in [0.3, 0.4) is 0 Å². The van der Waals surface area contributed by atoms with E-state index in [1.807, 2.05) is 18.2 Å². The second kappa shape index (κ2) is 10.0. The molecule has 0 fully saturated rings. The van der Waals surface area contributed by atoms with Crippen molar-refractivity contribution in [3.05, 3.63) is 58.7 Å². The van der Waals surface area contributed by atoms with Crippen LogP contribution in [0.2, 0.25) is 0 Å². The number of amides is 2. The Labute approximate surface area is 216 Å². The smallest absolute Gasteiger partial charge is 0.251 e. The Balaban J connectivity index is 1.41. The largest absolute Gasteiger partial charge is 0.493 e. The minimum Gasteiger partial charge on any atom is -0.493 e. The molecule has 6 bridgehead atoms. The van der Waals surface area contributed by atoms with E-state index in [9.17, 15) is 9.59 Å². The Hall–Kier alpha value is -3.59. The summed E-state index contributed by atoms with van der Waals surface area (Å²) < 4.78 is 11.8. The number of hydrogen-bond acceptors (Lipinski definition) is 7. The quantitative estimate of drug-likeness (QED) is 0.576. The number of rotatable bonds is 1. The first-order valence-corrected chi connectivity index (χ1v) is 13.1. The van der Waals surface area contributed by atoms with Crippen molar-refractivity contribution < 1.29 is 23.9 Å². The standard InChI is InChI=1S/C28H32N4O5/c1-35-31-28-29-19-5-3-2-4-17-6-8-24-20(14-17)22(10-12-36-24)30-27(34)18-7-9-25-21(15-18)23(11-13-37-25)32(28)26(33)16-19/h6-9,14-15,19,22-23H,2-5,10-13,16H2,1H3,(H,29,31)(H,30,34)/t19?,22?,23-/m1/s1. The van der Waals surface area contributed by atoms with Gasteiger partial charge in [0.1, 0.15) is 11.5 Å². The van der Waals surface area contributed by atoms with E-state index in [0.717, 1.165) is 42.6 Å². The third kappa shape index (κ3) is 4.64. The summed E-state index contributed by atoms with van der Waals surface area (Å²) in [4.78, 5) is 38.7. The molecule has 9 heteroatoms. The topological polar surface area (TPSA) is 101 Å². The lowest BCUT2D eigenvalue weighted by Gasteiger charge is -2.39. The lowest BCUT2D eigenvalue weighted by Crippen LogP contribution is -2.51. The van der Waals surface area contributed by atoms with Crippen molar-refractivity contribution in [1.29, 1.82) is 0 Å². The first-order chi connectivity index (χ1) is 18.1. The molecule has 0 radical (unpaired) electrons. The van der Waals surface area contributed by atoms with Crippen molar-refractivity contribution in [2.45, 2.75) is 63.1 Å². The number of hydroxylamine groups is 1. The molecule has 2 aromatic carbocycles. The summed E-state index contributed by atoms with van der Waals surface area (Å²) in [5.41, 5.74) is 6.42. The number of aryl methyl sites for hydroxylation is 1. The van der Waals surface area contributed by atoms with Gasteiger partial charge in [0.2, 0.25) is 11.9 Å². The van der Waals surface area contributed by atoms with E-state index in [0.29, 0.717) is 49.7 Å². The van der Waals surface area contributed by atoms with Crippen molar-refractivity contribution in [1.82, 2.24) is 15.7 Å². The van der Waals surface area contributed by atoms with Crippen LogP contribution in [0, 0.1) is 0 Å². The normalized spacial score (nSPS) is 25.2. The third-order valence-corrected chi connectivity index (χ3v) is 7.67. The lowest BCUT2D eigenvalue weighted by molar-refractivity contribution is -0.131. The Bertz CT molecular complexity index is 1250. The van der Waals surface area contributed by atoms with E-state index in [4.69, 9.17) is 19.3 Å². The minimum absolute atomic E-state index is 0.00388. The molecular weight excluding hydrogens is 472 g/mol. The summed E-state index contributed by atoms with van der Waals surface area (Å²) in [6.45, 7) is 1.03. The highest BCUT2D eigenvalue weighted by molar-refractivity contribution is 6.00. The van der Waals surface area contributed by atoms with E-state index in [1.165, 1.54) is 12.7 Å². The van der Waals surface area contributed by atoms with Crippen LogP contribution in [0.5, 0.6) is 11.5 Å². The molecule has 0 spiro atoms. The monoisotopic (exact) mass is 504 g/mol. The number of nitrogens with zero attached hydrogens (tertiary/aromatic N) is 2. The molecule has 194 valence electrons. The predicted octanol–water partition coefficient (Wildman–Crippen LogP) is 3.60. The fraction of sp³-hybridized carbons (Fsp3) is 0.464. The van der Waals surface area contributed by atoms with E-state index in [1.54, 1.807) is 11.0 Å². The average Bonchev–Trinajstić information content (AvgIpc) is 2.90. The Morgan fingerprint density at radius 3 is 2.68 bits per heavy atom. The maximum atomic E-state index is 13.5. The van der Waals surface area contributed by atoms with Gasteiger partial charge in [-0.25, -0.2) is 10.5 Å². The number of benzene rings is 2. The Morgan fingerprint density at radius 1 is 1.00 bits per heavy atom. The molecular formula is C28H32N4O5. The number of ether oxygens (including phenoxy) is 2. The number of carbonyl (C=O) groups excluding carboxylic acids is 2. The molecule has 9 nitrogen and oxygen atoms in total. The molecule has 2 aromatic rings. The molecule has 5 aliphatic heterocycles. The summed E-state index contributed by atoms with van der Waals surface area (Å²) in [5, 5.41) is 3.23. The number of fused-ring (bicyclic) bond motifs is 5. The van der Waals surface area contributed by atoms with Crippen molar-refractivity contribution in [3.63, 3.8) is 0 Å².